The minimum Gasteiger partial charge on any atom is -0.258 e. The van der Waals surface area contributed by atoms with Crippen LogP contribution in [0.1, 0.15) is 0 Å². The van der Waals surface area contributed by atoms with Crippen molar-refractivity contribution in [2.75, 3.05) is 0 Å². The minimum atomic E-state index is -0.880. The van der Waals surface area contributed by atoms with E-state index in [0.717, 1.165) is 6.07 Å². The fourth-order valence-corrected chi connectivity index (χ4v) is 1.59. The number of benzene rings is 1. The summed E-state index contributed by atoms with van der Waals surface area (Å²) in [5, 5.41) is 14.6. The van der Waals surface area contributed by atoms with Crippen molar-refractivity contribution in [3.63, 3.8) is 0 Å². The molecule has 2 aromatic rings. The average molecular weight is 286 g/mol. The molecular weight excluding hydrogens is 281 g/mol. The summed E-state index contributed by atoms with van der Waals surface area (Å²) >= 11 is 3.16. The second kappa shape index (κ2) is 4.01. The highest BCUT2D eigenvalue weighted by molar-refractivity contribution is 9.10. The second-order valence-corrected chi connectivity index (χ2v) is 3.88. The number of nitrogens with zero attached hydrogens (tertiary/aromatic N) is 3. The molecule has 0 amide bonds. The van der Waals surface area contributed by atoms with Gasteiger partial charge >= 0.3 is 5.69 Å². The van der Waals surface area contributed by atoms with E-state index in [4.69, 9.17) is 0 Å². The van der Waals surface area contributed by atoms with Crippen LogP contribution in [0, 0.1) is 15.9 Å². The number of rotatable bonds is 2. The quantitative estimate of drug-likeness (QED) is 0.630. The molecular formula is C9H5BrFN3O2. The van der Waals surface area contributed by atoms with E-state index in [9.17, 15) is 14.5 Å². The molecule has 0 aliphatic carbocycles. The molecule has 2 rings (SSSR count). The molecule has 0 fully saturated rings. The Hall–Kier alpha value is -1.76. The van der Waals surface area contributed by atoms with Crippen molar-refractivity contribution >= 4 is 21.6 Å². The van der Waals surface area contributed by atoms with E-state index < -0.39 is 16.4 Å². The van der Waals surface area contributed by atoms with Crippen LogP contribution in [0.4, 0.5) is 10.1 Å². The molecule has 5 nitrogen and oxygen atoms in total. The van der Waals surface area contributed by atoms with Crippen molar-refractivity contribution in [2.24, 2.45) is 0 Å². The van der Waals surface area contributed by atoms with Crippen LogP contribution in [0.2, 0.25) is 0 Å². The first-order valence-electron chi connectivity index (χ1n) is 4.23. The Morgan fingerprint density at radius 3 is 2.81 bits per heavy atom. The molecule has 0 aliphatic heterocycles. The number of hydrogen-bond donors (Lipinski definition) is 0. The van der Waals surface area contributed by atoms with Gasteiger partial charge in [-0.2, -0.15) is 9.49 Å². The Morgan fingerprint density at radius 1 is 1.50 bits per heavy atom. The SMILES string of the molecule is O=[N+]([O-])c1c(F)cccc1-n1cc(Br)cn1. The van der Waals surface area contributed by atoms with Gasteiger partial charge in [-0.3, -0.25) is 10.1 Å². The summed E-state index contributed by atoms with van der Waals surface area (Å²) in [6, 6.07) is 3.87. The summed E-state index contributed by atoms with van der Waals surface area (Å²) in [6.45, 7) is 0. The Kier molecular flexibility index (Phi) is 2.69. The van der Waals surface area contributed by atoms with Crippen molar-refractivity contribution in [3.05, 3.63) is 51.0 Å². The molecule has 0 aliphatic rings. The molecule has 0 bridgehead atoms. The fourth-order valence-electron chi connectivity index (χ4n) is 1.30. The van der Waals surface area contributed by atoms with E-state index in [-0.39, 0.29) is 5.69 Å². The first-order chi connectivity index (χ1) is 7.59. The zero-order valence-electron chi connectivity index (χ0n) is 7.80. The topological polar surface area (TPSA) is 61.0 Å². The Bertz CT molecular complexity index is 555. The van der Waals surface area contributed by atoms with E-state index in [0.29, 0.717) is 4.47 Å². The second-order valence-electron chi connectivity index (χ2n) is 2.97. The maximum atomic E-state index is 13.3. The fraction of sp³-hybridized carbons (Fsp3) is 0. The van der Waals surface area contributed by atoms with Gasteiger partial charge in [0.1, 0.15) is 5.69 Å². The van der Waals surface area contributed by atoms with Gasteiger partial charge in [-0.05, 0) is 28.1 Å². The van der Waals surface area contributed by atoms with Gasteiger partial charge < -0.3 is 0 Å². The molecule has 1 heterocycles. The Balaban J connectivity index is 2.65. The van der Waals surface area contributed by atoms with E-state index in [1.807, 2.05) is 0 Å². The molecule has 82 valence electrons. The third-order valence-electron chi connectivity index (χ3n) is 1.95. The van der Waals surface area contributed by atoms with Crippen LogP contribution in [-0.4, -0.2) is 14.7 Å². The molecule has 0 saturated carbocycles. The standard InChI is InChI=1S/C9H5BrFN3O2/c10-6-4-12-13(5-6)8-3-1-2-7(11)9(8)14(15)16/h1-5H. The Labute approximate surface area is 97.8 Å². The molecule has 16 heavy (non-hydrogen) atoms. The van der Waals surface area contributed by atoms with Gasteiger partial charge in [0.15, 0.2) is 0 Å². The smallest absolute Gasteiger partial charge is 0.258 e. The van der Waals surface area contributed by atoms with Crippen LogP contribution in [0.25, 0.3) is 5.69 Å². The minimum absolute atomic E-state index is 0.0932. The average Bonchev–Trinajstić information content (AvgIpc) is 2.63. The lowest BCUT2D eigenvalue weighted by Gasteiger charge is -2.02. The zero-order valence-corrected chi connectivity index (χ0v) is 9.39. The monoisotopic (exact) mass is 285 g/mol. The van der Waals surface area contributed by atoms with Crippen molar-refractivity contribution in [2.45, 2.75) is 0 Å². The third kappa shape index (κ3) is 1.81. The van der Waals surface area contributed by atoms with Crippen LogP contribution in [0.15, 0.2) is 35.1 Å². The van der Waals surface area contributed by atoms with Crippen LogP contribution < -0.4 is 0 Å². The van der Waals surface area contributed by atoms with Crippen molar-refractivity contribution in [1.82, 2.24) is 9.78 Å². The number of para-hydroxylation sites is 1. The number of hydrogen-bond acceptors (Lipinski definition) is 3. The van der Waals surface area contributed by atoms with Gasteiger partial charge in [0.2, 0.25) is 5.82 Å². The molecule has 0 unspecified atom stereocenters. The largest absolute Gasteiger partial charge is 0.330 e. The van der Waals surface area contributed by atoms with Gasteiger partial charge in [-0.15, -0.1) is 0 Å². The maximum absolute atomic E-state index is 13.3. The summed E-state index contributed by atoms with van der Waals surface area (Å²) in [6.07, 6.45) is 2.98. The summed E-state index contributed by atoms with van der Waals surface area (Å²) < 4.78 is 15.2. The van der Waals surface area contributed by atoms with Crippen molar-refractivity contribution < 1.29 is 9.31 Å². The van der Waals surface area contributed by atoms with Gasteiger partial charge in [-0.25, -0.2) is 4.68 Å². The predicted molar refractivity (Wildman–Crippen MR) is 57.9 cm³/mol. The van der Waals surface area contributed by atoms with Crippen LogP contribution >= 0.6 is 15.9 Å². The normalized spacial score (nSPS) is 10.4. The van der Waals surface area contributed by atoms with Gasteiger partial charge in [0.05, 0.1) is 15.6 Å². The number of nitro benzene ring substituents is 1. The predicted octanol–water partition coefficient (Wildman–Crippen LogP) is 2.68. The lowest BCUT2D eigenvalue weighted by Crippen LogP contribution is -2.02. The third-order valence-corrected chi connectivity index (χ3v) is 2.36. The van der Waals surface area contributed by atoms with Crippen LogP contribution in [-0.2, 0) is 0 Å². The highest BCUT2D eigenvalue weighted by Crippen LogP contribution is 2.26. The molecule has 0 spiro atoms. The molecule has 1 aromatic heterocycles. The van der Waals surface area contributed by atoms with E-state index >= 15 is 0 Å². The first kappa shape index (κ1) is 10.7. The van der Waals surface area contributed by atoms with Gasteiger partial charge in [-0.1, -0.05) is 6.07 Å². The molecule has 0 saturated heterocycles. The molecule has 7 heteroatoms. The summed E-state index contributed by atoms with van der Waals surface area (Å²) in [4.78, 5) is 9.97. The zero-order chi connectivity index (χ0) is 11.7. The summed E-state index contributed by atoms with van der Waals surface area (Å²) in [5.74, 6) is -0.880. The van der Waals surface area contributed by atoms with E-state index in [1.165, 1.54) is 29.2 Å². The van der Waals surface area contributed by atoms with Gasteiger partial charge in [0.25, 0.3) is 0 Å². The highest BCUT2D eigenvalue weighted by Gasteiger charge is 2.21. The number of aromatic nitrogens is 2. The van der Waals surface area contributed by atoms with E-state index in [2.05, 4.69) is 21.0 Å². The van der Waals surface area contributed by atoms with Crippen molar-refractivity contribution in [3.8, 4) is 5.69 Å². The molecule has 0 radical (unpaired) electrons. The molecule has 1 aromatic carbocycles. The molecule has 0 atom stereocenters. The van der Waals surface area contributed by atoms with Crippen LogP contribution in [0.5, 0.6) is 0 Å². The van der Waals surface area contributed by atoms with Crippen molar-refractivity contribution in [1.29, 1.82) is 0 Å². The summed E-state index contributed by atoms with van der Waals surface area (Å²) in [5.41, 5.74) is -0.492. The number of halogens is 2. The lowest BCUT2D eigenvalue weighted by molar-refractivity contribution is -0.387. The maximum Gasteiger partial charge on any atom is 0.330 e. The number of nitro groups is 1. The first-order valence-corrected chi connectivity index (χ1v) is 5.02. The Morgan fingerprint density at radius 2 is 2.25 bits per heavy atom. The van der Waals surface area contributed by atoms with E-state index in [1.54, 1.807) is 0 Å². The molecule has 0 N–H and O–H groups in total. The van der Waals surface area contributed by atoms with Gasteiger partial charge in [0, 0.05) is 6.20 Å². The van der Waals surface area contributed by atoms with Crippen LogP contribution in [0.3, 0.4) is 0 Å². The lowest BCUT2D eigenvalue weighted by atomic mass is 10.2. The highest BCUT2D eigenvalue weighted by atomic mass is 79.9. The summed E-state index contributed by atoms with van der Waals surface area (Å²) in [7, 11) is 0.